The average Bonchev–Trinajstić information content (AvgIpc) is 3.10. The molecule has 0 atom stereocenters. The highest BCUT2D eigenvalue weighted by molar-refractivity contribution is 6.04. The van der Waals surface area contributed by atoms with E-state index in [0.29, 0.717) is 17.7 Å². The minimum Gasteiger partial charge on any atom is -0.322 e. The van der Waals surface area contributed by atoms with E-state index in [4.69, 9.17) is 5.26 Å². The van der Waals surface area contributed by atoms with Crippen LogP contribution in [0.25, 0.3) is 0 Å². The van der Waals surface area contributed by atoms with Gasteiger partial charge in [0.05, 0.1) is 18.2 Å². The molecule has 3 aromatic rings. The van der Waals surface area contributed by atoms with Gasteiger partial charge in [0.2, 0.25) is 0 Å². The van der Waals surface area contributed by atoms with Gasteiger partial charge in [-0.25, -0.2) is 0 Å². The smallest absolute Gasteiger partial charge is 0.255 e. The molecule has 0 aliphatic carbocycles. The van der Waals surface area contributed by atoms with Crippen molar-refractivity contribution in [2.24, 2.45) is 0 Å². The minimum atomic E-state index is -0.206. The molecule has 1 aromatic heterocycles. The molecule has 5 nitrogen and oxygen atoms in total. The molecule has 0 aliphatic heterocycles. The van der Waals surface area contributed by atoms with Crippen LogP contribution in [0.1, 0.15) is 21.5 Å². The molecule has 1 N–H and O–H groups in total. The molecule has 112 valence electrons. The highest BCUT2D eigenvalue weighted by Gasteiger charge is 2.09. The van der Waals surface area contributed by atoms with Crippen LogP contribution < -0.4 is 5.32 Å². The number of aromatic nitrogens is 2. The van der Waals surface area contributed by atoms with Gasteiger partial charge in [-0.05, 0) is 42.0 Å². The molecule has 1 amide bonds. The lowest BCUT2D eigenvalue weighted by Crippen LogP contribution is -2.14. The summed E-state index contributed by atoms with van der Waals surface area (Å²) in [6, 6.07) is 18.1. The van der Waals surface area contributed by atoms with Crippen LogP contribution in [0, 0.1) is 11.3 Å². The van der Waals surface area contributed by atoms with Gasteiger partial charge in [0.25, 0.3) is 5.91 Å². The van der Waals surface area contributed by atoms with Crippen molar-refractivity contribution < 1.29 is 4.79 Å². The van der Waals surface area contributed by atoms with Crippen molar-refractivity contribution >= 4 is 11.6 Å². The van der Waals surface area contributed by atoms with Crippen LogP contribution in [-0.4, -0.2) is 15.7 Å². The molecular formula is C18H14N4O. The lowest BCUT2D eigenvalue weighted by atomic mass is 10.1. The van der Waals surface area contributed by atoms with Gasteiger partial charge in [-0.2, -0.15) is 10.4 Å². The maximum absolute atomic E-state index is 12.4. The molecule has 0 saturated carbocycles. The van der Waals surface area contributed by atoms with Crippen molar-refractivity contribution in [3.8, 4) is 6.07 Å². The summed E-state index contributed by atoms with van der Waals surface area (Å²) < 4.78 is 1.80. The Labute approximate surface area is 133 Å². The zero-order valence-corrected chi connectivity index (χ0v) is 12.3. The molecule has 0 bridgehead atoms. The summed E-state index contributed by atoms with van der Waals surface area (Å²) in [5.41, 5.74) is 2.76. The number of nitrogens with zero attached hydrogens (tertiary/aromatic N) is 3. The summed E-state index contributed by atoms with van der Waals surface area (Å²) in [7, 11) is 0. The quantitative estimate of drug-likeness (QED) is 0.805. The Morgan fingerprint density at radius 3 is 2.61 bits per heavy atom. The topological polar surface area (TPSA) is 70.7 Å². The Morgan fingerprint density at radius 2 is 1.91 bits per heavy atom. The van der Waals surface area contributed by atoms with Crippen LogP contribution in [0.15, 0.2) is 67.0 Å². The second kappa shape index (κ2) is 6.58. The van der Waals surface area contributed by atoms with E-state index in [1.807, 2.05) is 42.6 Å². The van der Waals surface area contributed by atoms with E-state index in [0.717, 1.165) is 11.3 Å². The molecule has 0 fully saturated rings. The summed E-state index contributed by atoms with van der Waals surface area (Å²) in [5.74, 6) is -0.206. The number of carbonyl (C=O) groups excluding carboxylic acids is 1. The van der Waals surface area contributed by atoms with Gasteiger partial charge in [-0.3, -0.25) is 9.48 Å². The SMILES string of the molecule is N#Cc1ccc(C(=O)Nc2ccccc2Cn2cccn2)cc1. The van der Waals surface area contributed by atoms with E-state index < -0.39 is 0 Å². The normalized spacial score (nSPS) is 10.0. The molecule has 0 spiro atoms. The fourth-order valence-corrected chi connectivity index (χ4v) is 2.24. The van der Waals surface area contributed by atoms with E-state index in [1.54, 1.807) is 35.1 Å². The highest BCUT2D eigenvalue weighted by atomic mass is 16.1. The number of hydrogen-bond acceptors (Lipinski definition) is 3. The third-order valence-electron chi connectivity index (χ3n) is 3.43. The van der Waals surface area contributed by atoms with Crippen molar-refractivity contribution in [2.45, 2.75) is 6.54 Å². The summed E-state index contributed by atoms with van der Waals surface area (Å²) >= 11 is 0. The van der Waals surface area contributed by atoms with E-state index >= 15 is 0 Å². The molecule has 0 saturated heterocycles. The summed E-state index contributed by atoms with van der Waals surface area (Å²) in [5, 5.41) is 15.9. The van der Waals surface area contributed by atoms with Crippen LogP contribution in [0.5, 0.6) is 0 Å². The van der Waals surface area contributed by atoms with Crippen molar-refractivity contribution in [1.82, 2.24) is 9.78 Å². The van der Waals surface area contributed by atoms with Gasteiger partial charge in [-0.15, -0.1) is 0 Å². The van der Waals surface area contributed by atoms with E-state index in [-0.39, 0.29) is 5.91 Å². The van der Waals surface area contributed by atoms with Crippen LogP contribution in [0.2, 0.25) is 0 Å². The zero-order valence-electron chi connectivity index (χ0n) is 12.3. The largest absolute Gasteiger partial charge is 0.322 e. The number of anilines is 1. The van der Waals surface area contributed by atoms with Crippen molar-refractivity contribution in [1.29, 1.82) is 5.26 Å². The van der Waals surface area contributed by atoms with Crippen molar-refractivity contribution in [2.75, 3.05) is 5.32 Å². The first-order valence-corrected chi connectivity index (χ1v) is 7.13. The van der Waals surface area contributed by atoms with E-state index in [2.05, 4.69) is 10.4 Å². The molecule has 0 aliphatic rings. The first-order valence-electron chi connectivity index (χ1n) is 7.13. The maximum atomic E-state index is 12.4. The Balaban J connectivity index is 1.79. The van der Waals surface area contributed by atoms with Crippen LogP contribution in [0.3, 0.4) is 0 Å². The van der Waals surface area contributed by atoms with Crippen LogP contribution in [-0.2, 0) is 6.54 Å². The summed E-state index contributed by atoms with van der Waals surface area (Å²) in [4.78, 5) is 12.4. The Hall–Kier alpha value is -3.39. The Morgan fingerprint density at radius 1 is 1.13 bits per heavy atom. The number of carbonyl (C=O) groups is 1. The van der Waals surface area contributed by atoms with Crippen LogP contribution in [0.4, 0.5) is 5.69 Å². The highest BCUT2D eigenvalue weighted by Crippen LogP contribution is 2.17. The fraction of sp³-hybridized carbons (Fsp3) is 0.0556. The second-order valence-corrected chi connectivity index (χ2v) is 5.00. The number of benzene rings is 2. The van der Waals surface area contributed by atoms with Gasteiger partial charge in [0, 0.05) is 23.6 Å². The van der Waals surface area contributed by atoms with E-state index in [1.165, 1.54) is 0 Å². The average molecular weight is 302 g/mol. The van der Waals surface area contributed by atoms with Crippen molar-refractivity contribution in [3.63, 3.8) is 0 Å². The predicted octanol–water partition coefficient (Wildman–Crippen LogP) is 3.06. The minimum absolute atomic E-state index is 0.206. The third-order valence-corrected chi connectivity index (χ3v) is 3.43. The maximum Gasteiger partial charge on any atom is 0.255 e. The van der Waals surface area contributed by atoms with E-state index in [9.17, 15) is 4.79 Å². The van der Waals surface area contributed by atoms with Crippen molar-refractivity contribution in [3.05, 3.63) is 83.7 Å². The number of nitriles is 1. The molecule has 23 heavy (non-hydrogen) atoms. The molecule has 0 radical (unpaired) electrons. The van der Waals surface area contributed by atoms with Gasteiger partial charge in [0.15, 0.2) is 0 Å². The molecule has 1 heterocycles. The van der Waals surface area contributed by atoms with Gasteiger partial charge in [0.1, 0.15) is 0 Å². The number of amides is 1. The number of para-hydroxylation sites is 1. The predicted molar refractivity (Wildman–Crippen MR) is 86.9 cm³/mol. The monoisotopic (exact) mass is 302 g/mol. The number of rotatable bonds is 4. The fourth-order valence-electron chi connectivity index (χ4n) is 2.24. The standard InChI is InChI=1S/C18H14N4O/c19-12-14-6-8-15(9-7-14)18(23)21-17-5-2-1-4-16(17)13-22-11-3-10-20-22/h1-11H,13H2,(H,21,23). The van der Waals surface area contributed by atoms with Crippen LogP contribution >= 0.6 is 0 Å². The Kier molecular flexibility index (Phi) is 4.16. The number of nitrogens with one attached hydrogen (secondary N) is 1. The first kappa shape index (κ1) is 14.5. The van der Waals surface area contributed by atoms with Gasteiger partial charge in [-0.1, -0.05) is 18.2 Å². The van der Waals surface area contributed by atoms with Gasteiger partial charge < -0.3 is 5.32 Å². The third kappa shape index (κ3) is 3.44. The summed E-state index contributed by atoms with van der Waals surface area (Å²) in [6.07, 6.45) is 3.59. The van der Waals surface area contributed by atoms with Gasteiger partial charge >= 0.3 is 0 Å². The second-order valence-electron chi connectivity index (χ2n) is 5.00. The summed E-state index contributed by atoms with van der Waals surface area (Å²) in [6.45, 7) is 0.580. The number of hydrogen-bond donors (Lipinski definition) is 1. The molecule has 2 aromatic carbocycles. The Bertz CT molecular complexity index is 845. The lowest BCUT2D eigenvalue weighted by Gasteiger charge is -2.11. The molecule has 0 unspecified atom stereocenters. The molecule has 3 rings (SSSR count). The lowest BCUT2D eigenvalue weighted by molar-refractivity contribution is 0.102. The first-order chi connectivity index (χ1) is 11.3. The molecule has 5 heteroatoms. The molecular weight excluding hydrogens is 288 g/mol. The zero-order chi connectivity index (χ0) is 16.1.